The Morgan fingerprint density at radius 3 is 2.95 bits per heavy atom. The van der Waals surface area contributed by atoms with Crippen molar-refractivity contribution < 1.29 is 4.74 Å². The molecule has 0 bridgehead atoms. The van der Waals surface area contributed by atoms with Gasteiger partial charge in [-0.3, -0.25) is 0 Å². The van der Waals surface area contributed by atoms with Gasteiger partial charge in [-0.1, -0.05) is 20.3 Å². The van der Waals surface area contributed by atoms with Crippen LogP contribution in [0.25, 0.3) is 0 Å². The highest BCUT2D eigenvalue weighted by atomic mass is 16.5. The van der Waals surface area contributed by atoms with E-state index in [1.165, 1.54) is 25.0 Å². The molecule has 19 heavy (non-hydrogen) atoms. The molecular formula is C15H25N3O. The van der Waals surface area contributed by atoms with Crippen LogP contribution in [-0.4, -0.2) is 22.8 Å². The minimum absolute atomic E-state index is 0.0569. The van der Waals surface area contributed by atoms with Crippen molar-refractivity contribution in [2.24, 2.45) is 17.1 Å². The van der Waals surface area contributed by atoms with Crippen LogP contribution in [0.1, 0.15) is 57.3 Å². The molecule has 1 aliphatic heterocycles. The summed E-state index contributed by atoms with van der Waals surface area (Å²) in [5.74, 6) is 0.444. The first-order valence-electron chi connectivity index (χ1n) is 7.44. The van der Waals surface area contributed by atoms with Crippen LogP contribution in [0.3, 0.4) is 0 Å². The molecule has 0 amide bonds. The fourth-order valence-electron chi connectivity index (χ4n) is 3.73. The van der Waals surface area contributed by atoms with E-state index in [0.29, 0.717) is 17.4 Å². The van der Waals surface area contributed by atoms with Crippen LogP contribution in [0, 0.1) is 11.3 Å². The molecule has 2 heterocycles. The van der Waals surface area contributed by atoms with Crippen LogP contribution in [0.5, 0.6) is 0 Å². The Hall–Kier alpha value is -0.870. The fourth-order valence-corrected chi connectivity index (χ4v) is 3.73. The van der Waals surface area contributed by atoms with Crippen LogP contribution in [0.4, 0.5) is 0 Å². The van der Waals surface area contributed by atoms with Crippen LogP contribution in [0.15, 0.2) is 12.5 Å². The van der Waals surface area contributed by atoms with Crippen molar-refractivity contribution in [2.45, 2.75) is 51.6 Å². The topological polar surface area (TPSA) is 53.1 Å². The van der Waals surface area contributed by atoms with Gasteiger partial charge in [-0.25, -0.2) is 4.98 Å². The van der Waals surface area contributed by atoms with Gasteiger partial charge < -0.3 is 15.0 Å². The summed E-state index contributed by atoms with van der Waals surface area (Å²) in [6.45, 7) is 6.36. The maximum Gasteiger partial charge on any atom is 0.0951 e. The molecule has 0 aromatic carbocycles. The van der Waals surface area contributed by atoms with Crippen molar-refractivity contribution in [2.75, 3.05) is 13.2 Å². The second kappa shape index (κ2) is 4.91. The summed E-state index contributed by atoms with van der Waals surface area (Å²) in [5.41, 5.74) is 8.00. The van der Waals surface area contributed by atoms with Gasteiger partial charge in [0.1, 0.15) is 0 Å². The Balaban J connectivity index is 1.85. The summed E-state index contributed by atoms with van der Waals surface area (Å²) in [5, 5.41) is 0. The van der Waals surface area contributed by atoms with E-state index in [2.05, 4.69) is 23.4 Å². The number of rotatable bonds is 3. The van der Waals surface area contributed by atoms with Gasteiger partial charge in [0.05, 0.1) is 24.7 Å². The predicted molar refractivity (Wildman–Crippen MR) is 74.8 cm³/mol. The van der Waals surface area contributed by atoms with Crippen molar-refractivity contribution >= 4 is 0 Å². The van der Waals surface area contributed by atoms with Gasteiger partial charge in [-0.2, -0.15) is 0 Å². The SMILES string of the molecule is CC1(C)CCCC1n1cncc1C(N)C1CCOC1. The van der Waals surface area contributed by atoms with Crippen LogP contribution in [0.2, 0.25) is 0 Å². The Morgan fingerprint density at radius 1 is 1.47 bits per heavy atom. The monoisotopic (exact) mass is 263 g/mol. The van der Waals surface area contributed by atoms with Crippen molar-refractivity contribution in [3.05, 3.63) is 18.2 Å². The summed E-state index contributed by atoms with van der Waals surface area (Å²) in [6, 6.07) is 0.597. The van der Waals surface area contributed by atoms with Gasteiger partial charge in [-0.15, -0.1) is 0 Å². The van der Waals surface area contributed by atoms with Gasteiger partial charge in [0.25, 0.3) is 0 Å². The fraction of sp³-hybridized carbons (Fsp3) is 0.800. The van der Waals surface area contributed by atoms with E-state index in [-0.39, 0.29) is 6.04 Å². The lowest BCUT2D eigenvalue weighted by Crippen LogP contribution is -2.28. The van der Waals surface area contributed by atoms with Gasteiger partial charge in [0.2, 0.25) is 0 Å². The smallest absolute Gasteiger partial charge is 0.0951 e. The molecule has 2 fully saturated rings. The second-order valence-electron chi connectivity index (χ2n) is 6.77. The number of aromatic nitrogens is 2. The molecule has 1 aliphatic carbocycles. The zero-order chi connectivity index (χ0) is 13.5. The molecule has 1 aromatic rings. The Morgan fingerprint density at radius 2 is 2.32 bits per heavy atom. The molecule has 4 heteroatoms. The molecular weight excluding hydrogens is 238 g/mol. The van der Waals surface area contributed by atoms with E-state index in [1.54, 1.807) is 0 Å². The van der Waals surface area contributed by atoms with Crippen molar-refractivity contribution in [3.63, 3.8) is 0 Å². The molecule has 1 aromatic heterocycles. The first kappa shape index (κ1) is 13.1. The van der Waals surface area contributed by atoms with E-state index in [1.807, 2.05) is 12.5 Å². The Labute approximate surface area is 115 Å². The number of nitrogens with zero attached hydrogens (tertiary/aromatic N) is 2. The molecule has 0 radical (unpaired) electrons. The zero-order valence-electron chi connectivity index (χ0n) is 12.0. The minimum atomic E-state index is 0.0569. The van der Waals surface area contributed by atoms with E-state index in [9.17, 15) is 0 Å². The third-order valence-corrected chi connectivity index (χ3v) is 5.05. The van der Waals surface area contributed by atoms with E-state index in [0.717, 1.165) is 19.6 Å². The maximum absolute atomic E-state index is 6.46. The molecule has 3 atom stereocenters. The Bertz CT molecular complexity index is 434. The number of imidazole rings is 1. The predicted octanol–water partition coefficient (Wildman–Crippen LogP) is 2.67. The average Bonchev–Trinajstić information content (AvgIpc) is 3.05. The average molecular weight is 263 g/mol. The van der Waals surface area contributed by atoms with Crippen LogP contribution < -0.4 is 5.73 Å². The molecule has 3 unspecified atom stereocenters. The highest BCUT2D eigenvalue weighted by molar-refractivity contribution is 5.10. The van der Waals surface area contributed by atoms with Crippen molar-refractivity contribution in [1.29, 1.82) is 0 Å². The number of ether oxygens (including phenoxy) is 1. The van der Waals surface area contributed by atoms with Crippen LogP contribution in [-0.2, 0) is 4.74 Å². The first-order chi connectivity index (χ1) is 9.09. The quantitative estimate of drug-likeness (QED) is 0.912. The summed E-state index contributed by atoms with van der Waals surface area (Å²) >= 11 is 0. The third-order valence-electron chi connectivity index (χ3n) is 5.05. The van der Waals surface area contributed by atoms with Crippen molar-refractivity contribution in [1.82, 2.24) is 9.55 Å². The van der Waals surface area contributed by atoms with Gasteiger partial charge in [0, 0.05) is 24.8 Å². The molecule has 3 rings (SSSR count). The summed E-state index contributed by atoms with van der Waals surface area (Å²) in [6.07, 6.45) is 8.83. The highest BCUT2D eigenvalue weighted by Crippen LogP contribution is 2.47. The van der Waals surface area contributed by atoms with Crippen LogP contribution >= 0.6 is 0 Å². The summed E-state index contributed by atoms with van der Waals surface area (Å²) in [7, 11) is 0. The zero-order valence-corrected chi connectivity index (χ0v) is 12.0. The van der Waals surface area contributed by atoms with Gasteiger partial charge in [-0.05, 0) is 24.7 Å². The molecule has 106 valence electrons. The normalized spacial score (nSPS) is 31.7. The molecule has 0 spiro atoms. The lowest BCUT2D eigenvalue weighted by molar-refractivity contribution is 0.179. The van der Waals surface area contributed by atoms with Gasteiger partial charge >= 0.3 is 0 Å². The first-order valence-corrected chi connectivity index (χ1v) is 7.44. The molecule has 2 N–H and O–H groups in total. The van der Waals surface area contributed by atoms with E-state index in [4.69, 9.17) is 10.5 Å². The summed E-state index contributed by atoms with van der Waals surface area (Å²) < 4.78 is 7.82. The van der Waals surface area contributed by atoms with E-state index >= 15 is 0 Å². The van der Waals surface area contributed by atoms with E-state index < -0.39 is 0 Å². The van der Waals surface area contributed by atoms with Crippen molar-refractivity contribution in [3.8, 4) is 0 Å². The maximum atomic E-state index is 6.46. The minimum Gasteiger partial charge on any atom is -0.381 e. The molecule has 2 aliphatic rings. The van der Waals surface area contributed by atoms with Gasteiger partial charge in [0.15, 0.2) is 0 Å². The second-order valence-corrected chi connectivity index (χ2v) is 6.77. The molecule has 1 saturated heterocycles. The Kier molecular flexibility index (Phi) is 3.39. The number of hydrogen-bond acceptors (Lipinski definition) is 3. The number of nitrogens with two attached hydrogens (primary N) is 1. The molecule has 4 nitrogen and oxygen atoms in total. The molecule has 1 saturated carbocycles. The summed E-state index contributed by atoms with van der Waals surface area (Å²) in [4.78, 5) is 4.37. The number of hydrogen-bond donors (Lipinski definition) is 1. The lowest BCUT2D eigenvalue weighted by atomic mass is 9.86. The lowest BCUT2D eigenvalue weighted by Gasteiger charge is -2.31. The highest BCUT2D eigenvalue weighted by Gasteiger charge is 2.37. The largest absolute Gasteiger partial charge is 0.381 e. The third kappa shape index (κ3) is 2.32. The standard InChI is InChI=1S/C15H25N3O/c1-15(2)6-3-4-13(15)18-10-17-8-12(18)14(16)11-5-7-19-9-11/h8,10-11,13-14H,3-7,9,16H2,1-2H3.